The molecule has 1 atom stereocenters. The molecule has 2 aromatic rings. The lowest BCUT2D eigenvalue weighted by molar-refractivity contribution is 0.0941. The molecule has 0 aliphatic rings. The second kappa shape index (κ2) is 8.84. The Morgan fingerprint density at radius 1 is 1.07 bits per heavy atom. The molecule has 2 rings (SSSR count). The summed E-state index contributed by atoms with van der Waals surface area (Å²) in [5.41, 5.74) is 1.20. The predicted octanol–water partition coefficient (Wildman–Crippen LogP) is 2.62. The van der Waals surface area contributed by atoms with Crippen LogP contribution in [0.5, 0.6) is 0 Å². The van der Waals surface area contributed by atoms with Gasteiger partial charge in [0.15, 0.2) is 0 Å². The van der Waals surface area contributed by atoms with Crippen molar-refractivity contribution < 1.29 is 13.2 Å². The summed E-state index contributed by atoms with van der Waals surface area (Å²) in [6, 6.07) is 13.4. The van der Waals surface area contributed by atoms with Crippen molar-refractivity contribution in [3.8, 4) is 0 Å². The summed E-state index contributed by atoms with van der Waals surface area (Å²) in [4.78, 5) is 14.6. The van der Waals surface area contributed by atoms with E-state index in [1.54, 1.807) is 12.1 Å². The van der Waals surface area contributed by atoms with Crippen LogP contribution in [0.2, 0.25) is 5.02 Å². The van der Waals surface area contributed by atoms with E-state index in [-0.39, 0.29) is 22.4 Å². The summed E-state index contributed by atoms with van der Waals surface area (Å²) >= 11 is 6.29. The zero-order valence-corrected chi connectivity index (χ0v) is 17.4. The Bertz CT molecular complexity index is 914. The van der Waals surface area contributed by atoms with Crippen molar-refractivity contribution in [1.29, 1.82) is 0 Å². The van der Waals surface area contributed by atoms with E-state index in [9.17, 15) is 13.2 Å². The lowest BCUT2D eigenvalue weighted by atomic mass is 10.1. The monoisotopic (exact) mass is 409 g/mol. The molecule has 2 aromatic carbocycles. The number of sulfonamides is 1. The van der Waals surface area contributed by atoms with Gasteiger partial charge in [-0.05, 0) is 43.9 Å². The Kier molecular flexibility index (Phi) is 7.00. The maximum absolute atomic E-state index is 12.6. The maximum Gasteiger partial charge on any atom is 0.251 e. The fraction of sp³-hybridized carbons (Fsp3) is 0.316. The molecule has 0 saturated heterocycles. The zero-order valence-electron chi connectivity index (χ0n) is 15.8. The van der Waals surface area contributed by atoms with Crippen LogP contribution in [0.25, 0.3) is 0 Å². The number of halogens is 1. The van der Waals surface area contributed by atoms with Crippen molar-refractivity contribution in [1.82, 2.24) is 14.5 Å². The normalized spacial score (nSPS) is 13.0. The molecule has 0 radical (unpaired) electrons. The highest BCUT2D eigenvalue weighted by molar-refractivity contribution is 7.89. The summed E-state index contributed by atoms with van der Waals surface area (Å²) in [6.07, 6.45) is 0. The SMILES string of the molecule is CN(C)[C@H](CNC(=O)c1cccc(S(=O)(=O)N(C)C)c1)c1ccccc1Cl. The van der Waals surface area contributed by atoms with Gasteiger partial charge in [-0.15, -0.1) is 0 Å². The molecule has 0 bridgehead atoms. The van der Waals surface area contributed by atoms with Crippen LogP contribution in [-0.4, -0.2) is 58.3 Å². The second-order valence-corrected chi connectivity index (χ2v) is 9.09. The molecule has 0 aromatic heterocycles. The summed E-state index contributed by atoms with van der Waals surface area (Å²) in [7, 11) is 3.12. The first-order chi connectivity index (χ1) is 12.6. The summed E-state index contributed by atoms with van der Waals surface area (Å²) in [5.74, 6) is -0.343. The van der Waals surface area contributed by atoms with Crippen molar-refractivity contribution in [2.75, 3.05) is 34.7 Å². The number of nitrogens with zero attached hydrogens (tertiary/aromatic N) is 2. The van der Waals surface area contributed by atoms with Gasteiger partial charge < -0.3 is 10.2 Å². The number of amides is 1. The first-order valence-electron chi connectivity index (χ1n) is 8.36. The number of hydrogen-bond acceptors (Lipinski definition) is 4. The van der Waals surface area contributed by atoms with Gasteiger partial charge in [0, 0.05) is 31.2 Å². The zero-order chi connectivity index (χ0) is 20.2. The highest BCUT2D eigenvalue weighted by atomic mass is 35.5. The van der Waals surface area contributed by atoms with E-state index in [0.29, 0.717) is 11.6 Å². The van der Waals surface area contributed by atoms with E-state index >= 15 is 0 Å². The molecule has 6 nitrogen and oxygen atoms in total. The number of carbonyl (C=O) groups excluding carboxylic acids is 1. The Morgan fingerprint density at radius 2 is 1.74 bits per heavy atom. The molecule has 0 spiro atoms. The smallest absolute Gasteiger partial charge is 0.251 e. The third-order valence-electron chi connectivity index (χ3n) is 4.22. The van der Waals surface area contributed by atoms with Crippen LogP contribution in [0.4, 0.5) is 0 Å². The van der Waals surface area contributed by atoms with Crippen LogP contribution in [0, 0.1) is 0 Å². The van der Waals surface area contributed by atoms with Gasteiger partial charge in [0.25, 0.3) is 5.91 Å². The van der Waals surface area contributed by atoms with Crippen LogP contribution in [0.3, 0.4) is 0 Å². The summed E-state index contributed by atoms with van der Waals surface area (Å²) < 4.78 is 25.6. The number of nitrogens with one attached hydrogen (secondary N) is 1. The summed E-state index contributed by atoms with van der Waals surface area (Å²) in [5, 5.41) is 3.50. The van der Waals surface area contributed by atoms with Gasteiger partial charge in [-0.25, -0.2) is 12.7 Å². The molecule has 1 amide bonds. The average molecular weight is 410 g/mol. The van der Waals surface area contributed by atoms with Gasteiger partial charge in [-0.2, -0.15) is 0 Å². The number of carbonyl (C=O) groups is 1. The van der Waals surface area contributed by atoms with E-state index in [1.165, 1.54) is 26.2 Å². The molecule has 1 N–H and O–H groups in total. The van der Waals surface area contributed by atoms with E-state index in [4.69, 9.17) is 11.6 Å². The Morgan fingerprint density at radius 3 is 2.33 bits per heavy atom. The fourth-order valence-electron chi connectivity index (χ4n) is 2.62. The van der Waals surface area contributed by atoms with Crippen molar-refractivity contribution in [2.45, 2.75) is 10.9 Å². The minimum atomic E-state index is -3.60. The average Bonchev–Trinajstić information content (AvgIpc) is 2.62. The van der Waals surface area contributed by atoms with Crippen LogP contribution in [0.15, 0.2) is 53.4 Å². The predicted molar refractivity (Wildman–Crippen MR) is 108 cm³/mol. The lowest BCUT2D eigenvalue weighted by Crippen LogP contribution is -2.34. The lowest BCUT2D eigenvalue weighted by Gasteiger charge is -2.26. The molecule has 0 saturated carbocycles. The van der Waals surface area contributed by atoms with Crippen LogP contribution in [0.1, 0.15) is 22.0 Å². The molecule has 0 aliphatic heterocycles. The molecule has 0 heterocycles. The highest BCUT2D eigenvalue weighted by Gasteiger charge is 2.21. The first-order valence-corrected chi connectivity index (χ1v) is 10.2. The third-order valence-corrected chi connectivity index (χ3v) is 6.37. The van der Waals surface area contributed by atoms with Crippen molar-refractivity contribution in [3.05, 3.63) is 64.7 Å². The van der Waals surface area contributed by atoms with Crippen molar-refractivity contribution in [2.24, 2.45) is 0 Å². The third kappa shape index (κ3) is 5.07. The largest absolute Gasteiger partial charge is 0.350 e. The molecule has 146 valence electrons. The minimum Gasteiger partial charge on any atom is -0.350 e. The topological polar surface area (TPSA) is 69.7 Å². The standard InChI is InChI=1S/C19H24ClN3O3S/c1-22(2)18(16-10-5-6-11-17(16)20)13-21-19(24)14-8-7-9-15(12-14)27(25,26)23(3)4/h5-12,18H,13H2,1-4H3,(H,21,24)/t18-/m1/s1. The van der Waals surface area contributed by atoms with Crippen LogP contribution in [-0.2, 0) is 10.0 Å². The van der Waals surface area contributed by atoms with E-state index in [0.717, 1.165) is 9.87 Å². The Labute approximate surface area is 165 Å². The molecule has 8 heteroatoms. The molecule has 0 aliphatic carbocycles. The van der Waals surface area contributed by atoms with Gasteiger partial charge in [-0.3, -0.25) is 4.79 Å². The minimum absolute atomic E-state index is 0.0791. The van der Waals surface area contributed by atoms with Gasteiger partial charge in [0.1, 0.15) is 0 Å². The quantitative estimate of drug-likeness (QED) is 0.763. The summed E-state index contributed by atoms with van der Waals surface area (Å²) in [6.45, 7) is 0.334. The van der Waals surface area contributed by atoms with Gasteiger partial charge in [-0.1, -0.05) is 35.9 Å². The van der Waals surface area contributed by atoms with E-state index in [1.807, 2.05) is 43.3 Å². The molecule has 27 heavy (non-hydrogen) atoms. The molecular weight excluding hydrogens is 386 g/mol. The van der Waals surface area contributed by atoms with E-state index < -0.39 is 10.0 Å². The maximum atomic E-state index is 12.6. The number of rotatable bonds is 7. The number of likely N-dealkylation sites (N-methyl/N-ethyl adjacent to an activating group) is 1. The first kappa shape index (κ1) is 21.4. The van der Waals surface area contributed by atoms with Crippen LogP contribution < -0.4 is 5.32 Å². The van der Waals surface area contributed by atoms with Crippen molar-refractivity contribution in [3.63, 3.8) is 0 Å². The molecular formula is C19H24ClN3O3S. The Hall–Kier alpha value is -1.93. The van der Waals surface area contributed by atoms with Gasteiger partial charge in [0.05, 0.1) is 10.9 Å². The van der Waals surface area contributed by atoms with Crippen LogP contribution >= 0.6 is 11.6 Å². The van der Waals surface area contributed by atoms with Crippen molar-refractivity contribution >= 4 is 27.5 Å². The molecule has 0 unspecified atom stereocenters. The highest BCUT2D eigenvalue weighted by Crippen LogP contribution is 2.25. The van der Waals surface area contributed by atoms with Gasteiger partial charge >= 0.3 is 0 Å². The number of hydrogen-bond donors (Lipinski definition) is 1. The number of benzene rings is 2. The second-order valence-electron chi connectivity index (χ2n) is 6.53. The fourth-order valence-corrected chi connectivity index (χ4v) is 3.83. The van der Waals surface area contributed by atoms with Gasteiger partial charge in [0.2, 0.25) is 10.0 Å². The van der Waals surface area contributed by atoms with E-state index in [2.05, 4.69) is 5.32 Å². The Balaban J connectivity index is 2.19. The molecule has 0 fully saturated rings.